The van der Waals surface area contributed by atoms with Gasteiger partial charge in [-0.2, -0.15) is 0 Å². The first-order valence-electron chi connectivity index (χ1n) is 6.64. The van der Waals surface area contributed by atoms with Crippen molar-refractivity contribution in [3.05, 3.63) is 47.8 Å². The number of aryl methyl sites for hydroxylation is 1. The molecule has 6 nitrogen and oxygen atoms in total. The maximum atomic E-state index is 11.9. The van der Waals surface area contributed by atoms with Crippen LogP contribution in [-0.4, -0.2) is 36.1 Å². The lowest BCUT2D eigenvalue weighted by molar-refractivity contribution is 0.0955. The van der Waals surface area contributed by atoms with Crippen molar-refractivity contribution in [1.29, 1.82) is 0 Å². The van der Waals surface area contributed by atoms with Gasteiger partial charge in [0.15, 0.2) is 5.75 Å². The molecular formula is C15H18N4O2. The highest BCUT2D eigenvalue weighted by atomic mass is 16.5. The van der Waals surface area contributed by atoms with Gasteiger partial charge in [0.25, 0.3) is 5.91 Å². The fourth-order valence-electron chi connectivity index (χ4n) is 1.67. The molecule has 0 aliphatic heterocycles. The summed E-state index contributed by atoms with van der Waals surface area (Å²) in [4.78, 5) is 20.0. The van der Waals surface area contributed by atoms with E-state index in [9.17, 15) is 4.79 Å². The summed E-state index contributed by atoms with van der Waals surface area (Å²) in [6.07, 6.45) is 3.17. The molecule has 2 rings (SSSR count). The molecule has 2 N–H and O–H groups in total. The van der Waals surface area contributed by atoms with Crippen LogP contribution in [0.15, 0.2) is 36.7 Å². The Kier molecular flexibility index (Phi) is 5.09. The standard InChI is InChI=1S/C15H18N4O2/c1-11-3-5-12(6-4-11)14(20)16-7-8-17-15-18-9-13(21-2)10-19-15/h3-6,9-10H,7-8H2,1-2H3,(H,16,20)(H,17,18,19). The molecule has 1 aromatic carbocycles. The second kappa shape index (κ2) is 7.23. The number of methoxy groups -OCH3 is 1. The SMILES string of the molecule is COc1cnc(NCCNC(=O)c2ccc(C)cc2)nc1. The second-order valence-corrected chi connectivity index (χ2v) is 4.50. The van der Waals surface area contributed by atoms with Crippen LogP contribution in [-0.2, 0) is 0 Å². The van der Waals surface area contributed by atoms with E-state index in [4.69, 9.17) is 4.74 Å². The molecule has 0 aliphatic carbocycles. The second-order valence-electron chi connectivity index (χ2n) is 4.50. The van der Waals surface area contributed by atoms with Crippen LogP contribution in [0, 0.1) is 6.92 Å². The first kappa shape index (κ1) is 14.8. The van der Waals surface area contributed by atoms with E-state index in [1.165, 1.54) is 0 Å². The highest BCUT2D eigenvalue weighted by Crippen LogP contribution is 2.06. The predicted molar refractivity (Wildman–Crippen MR) is 80.6 cm³/mol. The molecule has 0 radical (unpaired) electrons. The van der Waals surface area contributed by atoms with E-state index >= 15 is 0 Å². The van der Waals surface area contributed by atoms with Crippen LogP contribution in [0.5, 0.6) is 5.75 Å². The minimum atomic E-state index is -0.0903. The van der Waals surface area contributed by atoms with Gasteiger partial charge in [-0.15, -0.1) is 0 Å². The van der Waals surface area contributed by atoms with Gasteiger partial charge in [-0.1, -0.05) is 17.7 Å². The largest absolute Gasteiger partial charge is 0.494 e. The van der Waals surface area contributed by atoms with E-state index in [1.807, 2.05) is 31.2 Å². The molecule has 2 aromatic rings. The summed E-state index contributed by atoms with van der Waals surface area (Å²) in [6.45, 7) is 3.02. The van der Waals surface area contributed by atoms with Crippen LogP contribution < -0.4 is 15.4 Å². The average molecular weight is 286 g/mol. The zero-order chi connectivity index (χ0) is 15.1. The molecule has 0 atom stereocenters. The van der Waals surface area contributed by atoms with Crippen molar-refractivity contribution in [2.45, 2.75) is 6.92 Å². The number of carbonyl (C=O) groups is 1. The Morgan fingerprint density at radius 2 is 1.81 bits per heavy atom. The van der Waals surface area contributed by atoms with Crippen molar-refractivity contribution in [1.82, 2.24) is 15.3 Å². The number of aromatic nitrogens is 2. The zero-order valence-electron chi connectivity index (χ0n) is 12.1. The van der Waals surface area contributed by atoms with Crippen LogP contribution in [0.25, 0.3) is 0 Å². The fourth-order valence-corrected chi connectivity index (χ4v) is 1.67. The zero-order valence-corrected chi connectivity index (χ0v) is 12.1. The lowest BCUT2D eigenvalue weighted by atomic mass is 10.1. The summed E-state index contributed by atoms with van der Waals surface area (Å²) in [5.41, 5.74) is 1.78. The van der Waals surface area contributed by atoms with Crippen molar-refractivity contribution in [3.8, 4) is 5.75 Å². The molecule has 21 heavy (non-hydrogen) atoms. The molecule has 1 amide bonds. The summed E-state index contributed by atoms with van der Waals surface area (Å²) in [7, 11) is 1.56. The van der Waals surface area contributed by atoms with E-state index in [2.05, 4.69) is 20.6 Å². The van der Waals surface area contributed by atoms with Gasteiger partial charge in [0, 0.05) is 18.7 Å². The Balaban J connectivity index is 1.73. The first-order chi connectivity index (χ1) is 10.2. The van der Waals surface area contributed by atoms with E-state index < -0.39 is 0 Å². The normalized spacial score (nSPS) is 10.0. The third kappa shape index (κ3) is 4.45. The highest BCUT2D eigenvalue weighted by molar-refractivity contribution is 5.94. The third-order valence-corrected chi connectivity index (χ3v) is 2.87. The van der Waals surface area contributed by atoms with Gasteiger partial charge in [-0.3, -0.25) is 4.79 Å². The summed E-state index contributed by atoms with van der Waals surface area (Å²) < 4.78 is 4.97. The molecule has 0 unspecified atom stereocenters. The molecule has 0 spiro atoms. The van der Waals surface area contributed by atoms with Crippen LogP contribution in [0.1, 0.15) is 15.9 Å². The topological polar surface area (TPSA) is 76.1 Å². The molecule has 0 saturated carbocycles. The predicted octanol–water partition coefficient (Wildman–Crippen LogP) is 1.64. The number of anilines is 1. The lowest BCUT2D eigenvalue weighted by Crippen LogP contribution is -2.29. The van der Waals surface area contributed by atoms with Gasteiger partial charge >= 0.3 is 0 Å². The molecule has 0 saturated heterocycles. The first-order valence-corrected chi connectivity index (χ1v) is 6.64. The van der Waals surface area contributed by atoms with Crippen LogP contribution in [0.2, 0.25) is 0 Å². The smallest absolute Gasteiger partial charge is 0.251 e. The Bertz CT molecular complexity index is 582. The minimum absolute atomic E-state index is 0.0903. The highest BCUT2D eigenvalue weighted by Gasteiger charge is 2.03. The van der Waals surface area contributed by atoms with Gasteiger partial charge in [0.05, 0.1) is 19.5 Å². The van der Waals surface area contributed by atoms with Gasteiger partial charge in [-0.05, 0) is 19.1 Å². The Morgan fingerprint density at radius 1 is 1.14 bits per heavy atom. The van der Waals surface area contributed by atoms with Crippen LogP contribution >= 0.6 is 0 Å². The Morgan fingerprint density at radius 3 is 2.43 bits per heavy atom. The monoisotopic (exact) mass is 286 g/mol. The van der Waals surface area contributed by atoms with Crippen molar-refractivity contribution in [2.24, 2.45) is 0 Å². The van der Waals surface area contributed by atoms with E-state index in [0.29, 0.717) is 30.4 Å². The molecule has 110 valence electrons. The molecule has 0 bridgehead atoms. The van der Waals surface area contributed by atoms with Gasteiger partial charge in [-0.25, -0.2) is 9.97 Å². The molecule has 1 heterocycles. The van der Waals surface area contributed by atoms with Crippen LogP contribution in [0.3, 0.4) is 0 Å². The number of nitrogens with one attached hydrogen (secondary N) is 2. The molecule has 0 fully saturated rings. The van der Waals surface area contributed by atoms with E-state index in [0.717, 1.165) is 5.56 Å². The van der Waals surface area contributed by atoms with Crippen molar-refractivity contribution < 1.29 is 9.53 Å². The summed E-state index contributed by atoms with van der Waals surface area (Å²) >= 11 is 0. The summed E-state index contributed by atoms with van der Waals surface area (Å²) in [5.74, 6) is 1.01. The minimum Gasteiger partial charge on any atom is -0.494 e. The maximum absolute atomic E-state index is 11.9. The number of carbonyl (C=O) groups excluding carboxylic acids is 1. The number of hydrogen-bond acceptors (Lipinski definition) is 5. The van der Waals surface area contributed by atoms with E-state index in [1.54, 1.807) is 19.5 Å². The average Bonchev–Trinajstić information content (AvgIpc) is 2.52. The fraction of sp³-hybridized carbons (Fsp3) is 0.267. The molecule has 6 heteroatoms. The number of nitrogens with zero attached hydrogens (tertiary/aromatic N) is 2. The van der Waals surface area contributed by atoms with Crippen molar-refractivity contribution in [3.63, 3.8) is 0 Å². The molecule has 0 aliphatic rings. The lowest BCUT2D eigenvalue weighted by Gasteiger charge is -2.07. The van der Waals surface area contributed by atoms with Gasteiger partial charge in [0.2, 0.25) is 5.95 Å². The quantitative estimate of drug-likeness (QED) is 0.789. The molecular weight excluding hydrogens is 268 g/mol. The van der Waals surface area contributed by atoms with Gasteiger partial charge in [0.1, 0.15) is 0 Å². The van der Waals surface area contributed by atoms with Crippen molar-refractivity contribution >= 4 is 11.9 Å². The third-order valence-electron chi connectivity index (χ3n) is 2.87. The number of ether oxygens (including phenoxy) is 1. The number of benzene rings is 1. The number of hydrogen-bond donors (Lipinski definition) is 2. The Labute approximate surface area is 123 Å². The number of amides is 1. The van der Waals surface area contributed by atoms with Gasteiger partial charge < -0.3 is 15.4 Å². The van der Waals surface area contributed by atoms with Crippen LogP contribution in [0.4, 0.5) is 5.95 Å². The van der Waals surface area contributed by atoms with E-state index in [-0.39, 0.29) is 5.91 Å². The van der Waals surface area contributed by atoms with Crippen molar-refractivity contribution in [2.75, 3.05) is 25.5 Å². The Hall–Kier alpha value is -2.63. The molecule has 1 aromatic heterocycles. The summed E-state index contributed by atoms with van der Waals surface area (Å²) in [5, 5.41) is 5.85. The summed E-state index contributed by atoms with van der Waals surface area (Å²) in [6, 6.07) is 7.45. The maximum Gasteiger partial charge on any atom is 0.251 e. The number of rotatable bonds is 6.